The van der Waals surface area contributed by atoms with Crippen LogP contribution in [0.3, 0.4) is 0 Å². The molecule has 1 saturated carbocycles. The Kier molecular flexibility index (Phi) is 7.35. The lowest BCUT2D eigenvalue weighted by molar-refractivity contribution is -0.126. The second kappa shape index (κ2) is 11.0. The monoisotopic (exact) mass is 506 g/mol. The SMILES string of the molecule is O=C(NC1CCCC1)[C@@H](c1ccc(F)cc1)N(Cc1ccc(F)cc1)C(=O)c1ccc2c(c1)OCCO2. The first-order chi connectivity index (χ1) is 18.0. The summed E-state index contributed by atoms with van der Waals surface area (Å²) >= 11 is 0. The van der Waals surface area contributed by atoms with Gasteiger partial charge in [-0.15, -0.1) is 0 Å². The molecule has 37 heavy (non-hydrogen) atoms. The van der Waals surface area contributed by atoms with Gasteiger partial charge >= 0.3 is 0 Å². The minimum absolute atomic E-state index is 0.0208. The Labute approximate surface area is 214 Å². The molecule has 1 aliphatic carbocycles. The van der Waals surface area contributed by atoms with Crippen LogP contribution >= 0.6 is 0 Å². The average molecular weight is 507 g/mol. The molecule has 1 fully saturated rings. The van der Waals surface area contributed by atoms with Gasteiger partial charge in [0.1, 0.15) is 30.9 Å². The summed E-state index contributed by atoms with van der Waals surface area (Å²) in [7, 11) is 0. The van der Waals surface area contributed by atoms with E-state index in [1.54, 1.807) is 30.3 Å². The zero-order chi connectivity index (χ0) is 25.8. The molecule has 1 atom stereocenters. The number of hydrogen-bond acceptors (Lipinski definition) is 4. The number of benzene rings is 3. The van der Waals surface area contributed by atoms with E-state index < -0.39 is 23.6 Å². The van der Waals surface area contributed by atoms with Crippen molar-refractivity contribution in [1.82, 2.24) is 10.2 Å². The van der Waals surface area contributed by atoms with Gasteiger partial charge in [-0.1, -0.05) is 37.1 Å². The molecule has 0 spiro atoms. The van der Waals surface area contributed by atoms with Crippen molar-refractivity contribution in [2.45, 2.75) is 44.3 Å². The van der Waals surface area contributed by atoms with Crippen molar-refractivity contribution in [2.24, 2.45) is 0 Å². The quantitative estimate of drug-likeness (QED) is 0.480. The van der Waals surface area contributed by atoms with E-state index in [-0.39, 0.29) is 18.5 Å². The number of ether oxygens (including phenoxy) is 2. The summed E-state index contributed by atoms with van der Waals surface area (Å²) in [6, 6.07) is 15.3. The smallest absolute Gasteiger partial charge is 0.255 e. The Morgan fingerprint density at radius 2 is 1.49 bits per heavy atom. The Bertz CT molecular complexity index is 1260. The number of carbonyl (C=O) groups is 2. The van der Waals surface area contributed by atoms with E-state index in [2.05, 4.69) is 5.32 Å². The van der Waals surface area contributed by atoms with Crippen LogP contribution in [0.25, 0.3) is 0 Å². The van der Waals surface area contributed by atoms with Crippen molar-refractivity contribution in [3.05, 3.63) is 95.1 Å². The highest BCUT2D eigenvalue weighted by molar-refractivity contribution is 5.98. The standard InChI is InChI=1S/C29H28F2N2O4/c30-22-10-5-19(6-11-22)18-33(29(35)21-9-14-25-26(17-21)37-16-15-36-25)27(20-7-12-23(31)13-8-20)28(34)32-24-3-1-2-4-24/h5-14,17,24,27H,1-4,15-16,18H2,(H,32,34)/t27-/m1/s1. The van der Waals surface area contributed by atoms with Gasteiger partial charge in [-0.25, -0.2) is 8.78 Å². The fourth-order valence-corrected chi connectivity index (χ4v) is 4.88. The number of rotatable bonds is 7. The highest BCUT2D eigenvalue weighted by Gasteiger charge is 2.34. The fraction of sp³-hybridized carbons (Fsp3) is 0.310. The Balaban J connectivity index is 1.55. The van der Waals surface area contributed by atoms with Crippen LogP contribution in [0.5, 0.6) is 11.5 Å². The van der Waals surface area contributed by atoms with E-state index in [1.807, 2.05) is 0 Å². The van der Waals surface area contributed by atoms with Crippen molar-refractivity contribution in [3.8, 4) is 11.5 Å². The lowest BCUT2D eigenvalue weighted by Crippen LogP contribution is -2.46. The number of hydrogen-bond donors (Lipinski definition) is 1. The summed E-state index contributed by atoms with van der Waals surface area (Å²) in [5, 5.41) is 3.09. The molecular weight excluding hydrogens is 478 g/mol. The maximum atomic E-state index is 14.0. The van der Waals surface area contributed by atoms with E-state index in [1.165, 1.54) is 41.3 Å². The van der Waals surface area contributed by atoms with Crippen molar-refractivity contribution in [3.63, 3.8) is 0 Å². The van der Waals surface area contributed by atoms with E-state index in [0.717, 1.165) is 25.7 Å². The minimum atomic E-state index is -1.04. The predicted octanol–water partition coefficient (Wildman–Crippen LogP) is 5.18. The van der Waals surface area contributed by atoms with Crippen LogP contribution < -0.4 is 14.8 Å². The molecular formula is C29H28F2N2O4. The molecule has 5 rings (SSSR count). The number of carbonyl (C=O) groups excluding carboxylic acids is 2. The van der Waals surface area contributed by atoms with Gasteiger partial charge in [-0.05, 0) is 66.4 Å². The van der Waals surface area contributed by atoms with Gasteiger partial charge in [0.15, 0.2) is 11.5 Å². The normalized spacial score (nSPS) is 15.7. The second-order valence-corrected chi connectivity index (χ2v) is 9.36. The number of fused-ring (bicyclic) bond motifs is 1. The fourth-order valence-electron chi connectivity index (χ4n) is 4.88. The molecule has 0 radical (unpaired) electrons. The first kappa shape index (κ1) is 24.7. The van der Waals surface area contributed by atoms with Crippen molar-refractivity contribution < 1.29 is 27.8 Å². The number of amides is 2. The van der Waals surface area contributed by atoms with Gasteiger partial charge < -0.3 is 19.7 Å². The maximum absolute atomic E-state index is 14.0. The van der Waals surface area contributed by atoms with Crippen LogP contribution in [0, 0.1) is 11.6 Å². The van der Waals surface area contributed by atoms with Crippen molar-refractivity contribution in [1.29, 1.82) is 0 Å². The lowest BCUT2D eigenvalue weighted by atomic mass is 10.0. The zero-order valence-corrected chi connectivity index (χ0v) is 20.3. The molecule has 1 aliphatic heterocycles. The topological polar surface area (TPSA) is 67.9 Å². The molecule has 1 heterocycles. The van der Waals surface area contributed by atoms with Gasteiger partial charge in [0.25, 0.3) is 5.91 Å². The molecule has 0 saturated heterocycles. The molecule has 0 unspecified atom stereocenters. The third-order valence-electron chi connectivity index (χ3n) is 6.76. The highest BCUT2D eigenvalue weighted by Crippen LogP contribution is 2.33. The first-order valence-electron chi connectivity index (χ1n) is 12.5. The van der Waals surface area contributed by atoms with Gasteiger partial charge in [-0.2, -0.15) is 0 Å². The maximum Gasteiger partial charge on any atom is 0.255 e. The number of nitrogens with zero attached hydrogens (tertiary/aromatic N) is 1. The van der Waals surface area contributed by atoms with E-state index in [9.17, 15) is 18.4 Å². The second-order valence-electron chi connectivity index (χ2n) is 9.36. The summed E-state index contributed by atoms with van der Waals surface area (Å²) < 4.78 is 38.7. The largest absolute Gasteiger partial charge is 0.486 e. The molecule has 6 nitrogen and oxygen atoms in total. The van der Waals surface area contributed by atoms with Crippen LogP contribution in [0.4, 0.5) is 8.78 Å². The summed E-state index contributed by atoms with van der Waals surface area (Å²) in [6.07, 6.45) is 3.80. The van der Waals surface area contributed by atoms with Crippen LogP contribution in [-0.4, -0.2) is 36.0 Å². The molecule has 2 amide bonds. The van der Waals surface area contributed by atoms with Crippen LogP contribution in [0.15, 0.2) is 66.7 Å². The summed E-state index contributed by atoms with van der Waals surface area (Å²) in [4.78, 5) is 29.2. The molecule has 8 heteroatoms. The molecule has 3 aromatic carbocycles. The third-order valence-corrected chi connectivity index (χ3v) is 6.76. The van der Waals surface area contributed by atoms with E-state index in [0.29, 0.717) is 41.4 Å². The van der Waals surface area contributed by atoms with E-state index >= 15 is 0 Å². The molecule has 0 bridgehead atoms. The summed E-state index contributed by atoms with van der Waals surface area (Å²) in [6.45, 7) is 0.824. The summed E-state index contributed by atoms with van der Waals surface area (Å²) in [5.74, 6) is -0.609. The molecule has 3 aromatic rings. The number of nitrogens with one attached hydrogen (secondary N) is 1. The molecule has 1 N–H and O–H groups in total. The van der Waals surface area contributed by atoms with Gasteiger partial charge in [0.2, 0.25) is 5.91 Å². The lowest BCUT2D eigenvalue weighted by Gasteiger charge is -2.33. The van der Waals surface area contributed by atoms with Gasteiger partial charge in [0.05, 0.1) is 0 Å². The van der Waals surface area contributed by atoms with Crippen molar-refractivity contribution in [2.75, 3.05) is 13.2 Å². The Hall–Kier alpha value is -3.94. The summed E-state index contributed by atoms with van der Waals surface area (Å²) in [5.41, 5.74) is 1.44. The average Bonchev–Trinajstić information content (AvgIpc) is 3.43. The first-order valence-corrected chi connectivity index (χ1v) is 12.5. The Morgan fingerprint density at radius 1 is 0.865 bits per heavy atom. The highest BCUT2D eigenvalue weighted by atomic mass is 19.1. The molecule has 2 aliphatic rings. The molecule has 0 aromatic heterocycles. The minimum Gasteiger partial charge on any atom is -0.486 e. The Morgan fingerprint density at radius 3 is 2.16 bits per heavy atom. The third kappa shape index (κ3) is 5.74. The predicted molar refractivity (Wildman–Crippen MR) is 133 cm³/mol. The molecule has 192 valence electrons. The van der Waals surface area contributed by atoms with Crippen LogP contribution in [0.1, 0.15) is 53.2 Å². The van der Waals surface area contributed by atoms with Crippen LogP contribution in [0.2, 0.25) is 0 Å². The number of halogens is 2. The van der Waals surface area contributed by atoms with E-state index in [4.69, 9.17) is 9.47 Å². The van der Waals surface area contributed by atoms with Crippen LogP contribution in [-0.2, 0) is 11.3 Å². The van der Waals surface area contributed by atoms with Gasteiger partial charge in [-0.3, -0.25) is 9.59 Å². The van der Waals surface area contributed by atoms with Gasteiger partial charge in [0, 0.05) is 18.2 Å². The van der Waals surface area contributed by atoms with Crippen molar-refractivity contribution >= 4 is 11.8 Å². The zero-order valence-electron chi connectivity index (χ0n) is 20.3.